The fourth-order valence-corrected chi connectivity index (χ4v) is 5.35. The minimum Gasteiger partial charge on any atom is -0.366 e. The number of hydrogen-bond acceptors (Lipinski definition) is 4. The van der Waals surface area contributed by atoms with Gasteiger partial charge in [-0.05, 0) is 24.1 Å². The van der Waals surface area contributed by atoms with Crippen LogP contribution < -0.4 is 5.73 Å². The second-order valence-corrected chi connectivity index (χ2v) is 9.14. The Morgan fingerprint density at radius 3 is 2.72 bits per heavy atom. The number of fused-ring (bicyclic) bond motifs is 1. The Morgan fingerprint density at radius 2 is 1.94 bits per heavy atom. The summed E-state index contributed by atoms with van der Waals surface area (Å²) in [5.74, 6) is -0.786. The number of ketones is 1. The van der Waals surface area contributed by atoms with Crippen LogP contribution in [0.25, 0.3) is 10.9 Å². The summed E-state index contributed by atoms with van der Waals surface area (Å²) in [5.41, 5.74) is 6.93. The summed E-state index contributed by atoms with van der Waals surface area (Å²) in [7, 11) is 0. The molecule has 1 aliphatic rings. The van der Waals surface area contributed by atoms with Crippen LogP contribution >= 0.6 is 23.4 Å². The smallest absolute Gasteiger partial charge is 0.250 e. The number of Topliss-reactive ketones (excluding diaryl/α,β-unsaturated/α-hetero) is 1. The van der Waals surface area contributed by atoms with E-state index < -0.39 is 17.1 Å². The van der Waals surface area contributed by atoms with Gasteiger partial charge in [-0.2, -0.15) is 0 Å². The predicted molar refractivity (Wildman–Crippen MR) is 123 cm³/mol. The van der Waals surface area contributed by atoms with Crippen molar-refractivity contribution >= 4 is 51.9 Å². The first-order valence-corrected chi connectivity index (χ1v) is 11.5. The van der Waals surface area contributed by atoms with Gasteiger partial charge in [0.05, 0.1) is 10.6 Å². The average molecular weight is 474 g/mol. The number of amides is 2. The number of benzene rings is 2. The number of rotatable bonds is 7. The van der Waals surface area contributed by atoms with Gasteiger partial charge in [-0.25, -0.2) is 4.39 Å². The molecule has 9 heteroatoms. The Morgan fingerprint density at radius 1 is 1.16 bits per heavy atom. The molecule has 166 valence electrons. The van der Waals surface area contributed by atoms with Gasteiger partial charge in [0.2, 0.25) is 5.91 Å². The molecule has 0 saturated carbocycles. The minimum absolute atomic E-state index is 0.0128. The third-order valence-electron chi connectivity index (χ3n) is 5.52. The lowest BCUT2D eigenvalue weighted by atomic mass is 10.1. The molecule has 1 aromatic heterocycles. The second-order valence-electron chi connectivity index (χ2n) is 7.54. The molecule has 0 unspecified atom stereocenters. The van der Waals surface area contributed by atoms with Crippen LogP contribution in [0, 0.1) is 5.82 Å². The first-order valence-electron chi connectivity index (χ1n) is 10.1. The van der Waals surface area contributed by atoms with Crippen molar-refractivity contribution in [3.8, 4) is 0 Å². The summed E-state index contributed by atoms with van der Waals surface area (Å²) in [6, 6.07) is 11.9. The third kappa shape index (κ3) is 4.38. The van der Waals surface area contributed by atoms with E-state index in [4.69, 9.17) is 17.3 Å². The number of nitrogens with two attached hydrogens (primary N) is 1. The van der Waals surface area contributed by atoms with Crippen molar-refractivity contribution in [1.82, 2.24) is 9.47 Å². The zero-order chi connectivity index (χ0) is 22.8. The zero-order valence-electron chi connectivity index (χ0n) is 17.1. The predicted octanol–water partition coefficient (Wildman–Crippen LogP) is 3.64. The Kier molecular flexibility index (Phi) is 6.53. The lowest BCUT2D eigenvalue weighted by Crippen LogP contribution is -2.41. The number of carbonyl (C=O) groups is 3. The Hall–Kier alpha value is -2.84. The molecule has 1 atom stereocenters. The first-order chi connectivity index (χ1) is 15.4. The number of primary amides is 1. The molecule has 6 nitrogen and oxygen atoms in total. The number of nitrogens with zero attached hydrogens (tertiary/aromatic N) is 2. The van der Waals surface area contributed by atoms with Crippen LogP contribution in [0.5, 0.6) is 0 Å². The molecule has 2 aromatic carbocycles. The van der Waals surface area contributed by atoms with Crippen LogP contribution in [0.4, 0.5) is 4.39 Å². The van der Waals surface area contributed by atoms with E-state index in [9.17, 15) is 18.8 Å². The van der Waals surface area contributed by atoms with Crippen molar-refractivity contribution < 1.29 is 18.8 Å². The standard InChI is InChI=1S/C23H21ClFN3O3S/c24-17-6-3-4-14(21(17)25)8-9-19(29)23-28(10-11-32-23)20(30)13-27-12-16(22(26)31)15-5-1-2-7-18(15)27/h1-7,12,23H,8-11,13H2,(H2,26,31)/t23-/m0/s1. The number of thioether (sulfide) groups is 1. The number of para-hydroxylation sites is 1. The average Bonchev–Trinajstić information content (AvgIpc) is 3.40. The van der Waals surface area contributed by atoms with Crippen molar-refractivity contribution in [2.75, 3.05) is 12.3 Å². The van der Waals surface area contributed by atoms with E-state index in [0.717, 1.165) is 5.52 Å². The van der Waals surface area contributed by atoms with Crippen molar-refractivity contribution in [2.45, 2.75) is 24.8 Å². The largest absolute Gasteiger partial charge is 0.366 e. The Labute approximate surface area is 193 Å². The molecule has 0 radical (unpaired) electrons. The first kappa shape index (κ1) is 22.4. The van der Waals surface area contributed by atoms with Gasteiger partial charge >= 0.3 is 0 Å². The molecule has 1 aliphatic heterocycles. The fraction of sp³-hybridized carbons (Fsp3) is 0.261. The zero-order valence-corrected chi connectivity index (χ0v) is 18.7. The van der Waals surface area contributed by atoms with Crippen molar-refractivity contribution in [1.29, 1.82) is 0 Å². The van der Waals surface area contributed by atoms with Gasteiger partial charge in [-0.15, -0.1) is 11.8 Å². The second kappa shape index (κ2) is 9.34. The van der Waals surface area contributed by atoms with Crippen molar-refractivity contribution in [3.63, 3.8) is 0 Å². The lowest BCUT2D eigenvalue weighted by molar-refractivity contribution is -0.136. The highest BCUT2D eigenvalue weighted by Crippen LogP contribution is 2.28. The highest BCUT2D eigenvalue weighted by Gasteiger charge is 2.34. The summed E-state index contributed by atoms with van der Waals surface area (Å²) in [4.78, 5) is 39.3. The summed E-state index contributed by atoms with van der Waals surface area (Å²) >= 11 is 7.22. The van der Waals surface area contributed by atoms with Gasteiger partial charge in [0, 0.05) is 35.8 Å². The van der Waals surface area contributed by atoms with Gasteiger partial charge in [0.25, 0.3) is 5.91 Å². The highest BCUT2D eigenvalue weighted by atomic mass is 35.5. The maximum atomic E-state index is 14.1. The summed E-state index contributed by atoms with van der Waals surface area (Å²) in [6.07, 6.45) is 1.90. The van der Waals surface area contributed by atoms with E-state index in [1.165, 1.54) is 17.8 Å². The molecule has 2 heterocycles. The van der Waals surface area contributed by atoms with Crippen LogP contribution in [0.1, 0.15) is 22.3 Å². The van der Waals surface area contributed by atoms with Gasteiger partial charge in [-0.1, -0.05) is 41.9 Å². The van der Waals surface area contributed by atoms with E-state index in [1.807, 2.05) is 12.1 Å². The van der Waals surface area contributed by atoms with Crippen LogP contribution in [0.3, 0.4) is 0 Å². The topological polar surface area (TPSA) is 85.4 Å². The van der Waals surface area contributed by atoms with Crippen molar-refractivity contribution in [2.24, 2.45) is 5.73 Å². The molecular weight excluding hydrogens is 453 g/mol. The molecular formula is C23H21ClFN3O3S. The van der Waals surface area contributed by atoms with E-state index in [2.05, 4.69) is 0 Å². The van der Waals surface area contributed by atoms with Crippen LogP contribution in [-0.4, -0.2) is 44.7 Å². The molecule has 3 aromatic rings. The molecule has 0 bridgehead atoms. The number of aromatic nitrogens is 1. The number of halogens is 2. The molecule has 0 spiro atoms. The lowest BCUT2D eigenvalue weighted by Gasteiger charge is -2.23. The quantitative estimate of drug-likeness (QED) is 0.567. The summed E-state index contributed by atoms with van der Waals surface area (Å²) in [5, 5.41) is 0.0956. The summed E-state index contributed by atoms with van der Waals surface area (Å²) in [6.45, 7) is 0.439. The number of hydrogen-bond donors (Lipinski definition) is 1. The molecule has 4 rings (SSSR count). The fourth-order valence-electron chi connectivity index (χ4n) is 3.93. The van der Waals surface area contributed by atoms with Crippen LogP contribution in [0.15, 0.2) is 48.7 Å². The van der Waals surface area contributed by atoms with Gasteiger partial charge in [0.1, 0.15) is 17.7 Å². The number of aryl methyl sites for hydroxylation is 1. The van der Waals surface area contributed by atoms with E-state index >= 15 is 0 Å². The third-order valence-corrected chi connectivity index (χ3v) is 7.06. The van der Waals surface area contributed by atoms with E-state index in [1.54, 1.807) is 39.9 Å². The van der Waals surface area contributed by atoms with E-state index in [-0.39, 0.29) is 36.1 Å². The molecule has 0 aliphatic carbocycles. The van der Waals surface area contributed by atoms with Crippen LogP contribution in [0.2, 0.25) is 5.02 Å². The molecule has 2 N–H and O–H groups in total. The van der Waals surface area contributed by atoms with E-state index in [0.29, 0.717) is 28.8 Å². The normalized spacial score (nSPS) is 15.9. The minimum atomic E-state index is -0.609. The van der Waals surface area contributed by atoms with Crippen molar-refractivity contribution in [3.05, 3.63) is 70.6 Å². The molecule has 2 amide bonds. The maximum Gasteiger partial charge on any atom is 0.250 e. The SMILES string of the molecule is NC(=O)c1cn(CC(=O)N2CCS[C@H]2C(=O)CCc2cccc(Cl)c2F)c2ccccc12. The maximum absolute atomic E-state index is 14.1. The molecule has 32 heavy (non-hydrogen) atoms. The summed E-state index contributed by atoms with van der Waals surface area (Å²) < 4.78 is 15.8. The van der Waals surface area contributed by atoms with Gasteiger partial charge in [0.15, 0.2) is 5.78 Å². The Bertz CT molecular complexity index is 1210. The Balaban J connectivity index is 1.47. The van der Waals surface area contributed by atoms with Gasteiger partial charge in [-0.3, -0.25) is 14.4 Å². The molecule has 1 saturated heterocycles. The monoisotopic (exact) mass is 473 g/mol. The molecule has 1 fully saturated rings. The van der Waals surface area contributed by atoms with Crippen LogP contribution in [-0.2, 0) is 22.6 Å². The highest BCUT2D eigenvalue weighted by molar-refractivity contribution is 8.00. The number of carbonyl (C=O) groups excluding carboxylic acids is 3. The van der Waals surface area contributed by atoms with Gasteiger partial charge < -0.3 is 15.2 Å².